The summed E-state index contributed by atoms with van der Waals surface area (Å²) in [6, 6.07) is 6.40. The van der Waals surface area contributed by atoms with E-state index >= 15 is 0 Å². The van der Waals surface area contributed by atoms with Crippen LogP contribution in [-0.2, 0) is 5.41 Å². The van der Waals surface area contributed by atoms with E-state index in [9.17, 15) is 4.79 Å². The van der Waals surface area contributed by atoms with Gasteiger partial charge in [0.15, 0.2) is 0 Å². The number of hydrogen-bond acceptors (Lipinski definition) is 1. The molecule has 16 heavy (non-hydrogen) atoms. The summed E-state index contributed by atoms with van der Waals surface area (Å²) in [5.41, 5.74) is 3.71. The van der Waals surface area contributed by atoms with Gasteiger partial charge >= 0.3 is 0 Å². The van der Waals surface area contributed by atoms with Crippen molar-refractivity contribution >= 4 is 17.9 Å². The highest BCUT2D eigenvalue weighted by atomic mass is 32.1. The number of nitrogens with one attached hydrogen (secondary N) is 1. The lowest BCUT2D eigenvalue weighted by molar-refractivity contribution is 0.258. The molecule has 0 aliphatic heterocycles. The summed E-state index contributed by atoms with van der Waals surface area (Å²) in [4.78, 5) is 10.8. The fourth-order valence-corrected chi connectivity index (χ4v) is 2.04. The predicted octanol–water partition coefficient (Wildman–Crippen LogP) is 3.22. The minimum absolute atomic E-state index is 0.0732. The number of carbonyl (C=O) groups excluding carboxylic acids is 1. The summed E-state index contributed by atoms with van der Waals surface area (Å²) in [6.07, 6.45) is 0. The molecular formula is C13H19NOS. The summed E-state index contributed by atoms with van der Waals surface area (Å²) < 4.78 is 0. The smallest absolute Gasteiger partial charge is 0.276 e. The molecule has 0 spiro atoms. The number of thiol groups is 1. The highest BCUT2D eigenvalue weighted by molar-refractivity contribution is 7.96. The number of benzene rings is 1. The molecule has 1 aromatic carbocycles. The molecule has 0 atom stereocenters. The average molecular weight is 237 g/mol. The second-order valence-corrected chi connectivity index (χ2v) is 5.27. The van der Waals surface area contributed by atoms with Crippen LogP contribution in [0.15, 0.2) is 18.2 Å². The lowest BCUT2D eigenvalue weighted by Gasteiger charge is -2.27. The Morgan fingerprint density at radius 1 is 1.38 bits per heavy atom. The van der Waals surface area contributed by atoms with Crippen molar-refractivity contribution in [2.75, 3.05) is 6.54 Å². The van der Waals surface area contributed by atoms with Crippen LogP contribution in [0.2, 0.25) is 0 Å². The Bertz CT molecular complexity index is 399. The van der Waals surface area contributed by atoms with Gasteiger partial charge in [0, 0.05) is 12.0 Å². The zero-order valence-electron chi connectivity index (χ0n) is 10.3. The van der Waals surface area contributed by atoms with Crippen LogP contribution in [-0.4, -0.2) is 11.8 Å². The zero-order valence-corrected chi connectivity index (χ0v) is 11.2. The molecule has 0 saturated carbocycles. The summed E-state index contributed by atoms with van der Waals surface area (Å²) >= 11 is 3.71. The number of amides is 1. The highest BCUT2D eigenvalue weighted by Crippen LogP contribution is 2.26. The molecule has 1 N–H and O–H groups in total. The number of carbonyl (C=O) groups is 1. The molecule has 0 fully saturated rings. The predicted molar refractivity (Wildman–Crippen MR) is 71.3 cm³/mol. The number of hydrogen-bond donors (Lipinski definition) is 2. The van der Waals surface area contributed by atoms with Crippen molar-refractivity contribution in [1.82, 2.24) is 5.32 Å². The summed E-state index contributed by atoms with van der Waals surface area (Å²) in [5.74, 6) is 0. The maximum Gasteiger partial charge on any atom is 0.276 e. The van der Waals surface area contributed by atoms with Crippen LogP contribution < -0.4 is 5.32 Å². The van der Waals surface area contributed by atoms with E-state index in [0.29, 0.717) is 6.54 Å². The summed E-state index contributed by atoms with van der Waals surface area (Å²) in [5, 5.41) is 2.47. The van der Waals surface area contributed by atoms with Crippen molar-refractivity contribution in [1.29, 1.82) is 0 Å². The quantitative estimate of drug-likeness (QED) is 0.777. The molecule has 2 nitrogen and oxygen atoms in total. The van der Waals surface area contributed by atoms with Crippen LogP contribution >= 0.6 is 12.6 Å². The van der Waals surface area contributed by atoms with Gasteiger partial charge in [0.05, 0.1) is 0 Å². The van der Waals surface area contributed by atoms with E-state index in [1.165, 1.54) is 16.7 Å². The Kier molecular flexibility index (Phi) is 4.03. The monoisotopic (exact) mass is 237 g/mol. The third-order valence-corrected chi connectivity index (χ3v) is 2.95. The van der Waals surface area contributed by atoms with Gasteiger partial charge in [-0.25, -0.2) is 0 Å². The zero-order chi connectivity index (χ0) is 12.3. The number of aryl methyl sites for hydroxylation is 2. The van der Waals surface area contributed by atoms with Gasteiger partial charge in [-0.05, 0) is 25.0 Å². The standard InChI is InChI=1S/C13H19NOS/c1-9-5-6-11(10(2)7-9)13(3,4)8-14-12(15)16/h5-7H,8H2,1-4H3,(H2,14,15,16). The topological polar surface area (TPSA) is 29.1 Å². The third-order valence-electron chi connectivity index (χ3n) is 2.79. The first kappa shape index (κ1) is 13.1. The maximum absolute atomic E-state index is 10.8. The molecule has 0 saturated heterocycles. The van der Waals surface area contributed by atoms with Gasteiger partial charge in [0.25, 0.3) is 5.24 Å². The summed E-state index contributed by atoms with van der Waals surface area (Å²) in [7, 11) is 0. The van der Waals surface area contributed by atoms with Gasteiger partial charge in [0.2, 0.25) is 0 Å². The molecule has 0 unspecified atom stereocenters. The Hall–Kier alpha value is -0.960. The normalized spacial score (nSPS) is 11.3. The lowest BCUT2D eigenvalue weighted by Crippen LogP contribution is -2.34. The molecule has 1 amide bonds. The van der Waals surface area contributed by atoms with E-state index in [1.807, 2.05) is 0 Å². The van der Waals surface area contributed by atoms with Gasteiger partial charge in [-0.3, -0.25) is 4.79 Å². The van der Waals surface area contributed by atoms with E-state index in [2.05, 4.69) is 63.8 Å². The van der Waals surface area contributed by atoms with Crippen LogP contribution in [0.4, 0.5) is 4.79 Å². The van der Waals surface area contributed by atoms with E-state index in [1.54, 1.807) is 0 Å². The van der Waals surface area contributed by atoms with Gasteiger partial charge < -0.3 is 5.32 Å². The van der Waals surface area contributed by atoms with Crippen molar-refractivity contribution in [3.05, 3.63) is 34.9 Å². The molecule has 0 aliphatic rings. The fourth-order valence-electron chi connectivity index (χ4n) is 1.96. The Morgan fingerprint density at radius 3 is 2.50 bits per heavy atom. The SMILES string of the molecule is Cc1ccc(C(C)(C)CNC(=O)S)c(C)c1. The Morgan fingerprint density at radius 2 is 2.00 bits per heavy atom. The van der Waals surface area contributed by atoms with Crippen LogP contribution in [0.5, 0.6) is 0 Å². The molecule has 0 aromatic heterocycles. The molecule has 1 rings (SSSR count). The second-order valence-electron chi connectivity index (χ2n) is 4.86. The minimum Gasteiger partial charge on any atom is -0.346 e. The van der Waals surface area contributed by atoms with E-state index in [0.717, 1.165) is 0 Å². The maximum atomic E-state index is 10.8. The van der Waals surface area contributed by atoms with E-state index in [-0.39, 0.29) is 10.7 Å². The second kappa shape index (κ2) is 4.91. The molecule has 3 heteroatoms. The average Bonchev–Trinajstić information content (AvgIpc) is 2.14. The molecule has 0 radical (unpaired) electrons. The largest absolute Gasteiger partial charge is 0.346 e. The first-order chi connectivity index (χ1) is 7.33. The third kappa shape index (κ3) is 3.27. The molecule has 88 valence electrons. The van der Waals surface area contributed by atoms with Gasteiger partial charge in [-0.15, -0.1) is 0 Å². The van der Waals surface area contributed by atoms with Crippen LogP contribution in [0.25, 0.3) is 0 Å². The van der Waals surface area contributed by atoms with Gasteiger partial charge in [0.1, 0.15) is 0 Å². The number of rotatable bonds is 3. The molecule has 0 aliphatic carbocycles. The van der Waals surface area contributed by atoms with Crippen LogP contribution in [0, 0.1) is 13.8 Å². The van der Waals surface area contributed by atoms with E-state index < -0.39 is 0 Å². The molecular weight excluding hydrogens is 218 g/mol. The lowest BCUT2D eigenvalue weighted by atomic mass is 9.81. The van der Waals surface area contributed by atoms with Crippen molar-refractivity contribution < 1.29 is 4.79 Å². The van der Waals surface area contributed by atoms with Crippen molar-refractivity contribution in [3.8, 4) is 0 Å². The van der Waals surface area contributed by atoms with Crippen molar-refractivity contribution in [2.45, 2.75) is 33.1 Å². The minimum atomic E-state index is -0.280. The summed E-state index contributed by atoms with van der Waals surface area (Å²) in [6.45, 7) is 9.02. The first-order valence-corrected chi connectivity index (χ1v) is 5.82. The Labute approximate surface area is 103 Å². The first-order valence-electron chi connectivity index (χ1n) is 5.37. The van der Waals surface area contributed by atoms with Gasteiger partial charge in [-0.1, -0.05) is 50.2 Å². The highest BCUT2D eigenvalue weighted by Gasteiger charge is 2.22. The molecule has 1 aromatic rings. The van der Waals surface area contributed by atoms with Crippen LogP contribution in [0.1, 0.15) is 30.5 Å². The van der Waals surface area contributed by atoms with Crippen molar-refractivity contribution in [3.63, 3.8) is 0 Å². The Balaban J connectivity index is 2.92. The van der Waals surface area contributed by atoms with Crippen molar-refractivity contribution in [2.24, 2.45) is 0 Å². The van der Waals surface area contributed by atoms with Crippen LogP contribution in [0.3, 0.4) is 0 Å². The van der Waals surface area contributed by atoms with Gasteiger partial charge in [-0.2, -0.15) is 0 Å². The fraction of sp³-hybridized carbons (Fsp3) is 0.462. The molecule has 0 heterocycles. The molecule has 0 bridgehead atoms. The van der Waals surface area contributed by atoms with E-state index in [4.69, 9.17) is 0 Å².